The number of ether oxygens (including phenoxy) is 1. The summed E-state index contributed by atoms with van der Waals surface area (Å²) in [5.74, 6) is 0.441. The predicted molar refractivity (Wildman–Crippen MR) is 49.1 cm³/mol. The summed E-state index contributed by atoms with van der Waals surface area (Å²) in [7, 11) is 1.46. The van der Waals surface area contributed by atoms with Crippen LogP contribution in [0, 0.1) is 0 Å². The van der Waals surface area contributed by atoms with E-state index in [2.05, 4.69) is 5.32 Å². The molecular weight excluding hydrogens is 172 g/mol. The lowest BCUT2D eigenvalue weighted by Gasteiger charge is -2.07. The van der Waals surface area contributed by atoms with Crippen molar-refractivity contribution in [3.63, 3.8) is 0 Å². The van der Waals surface area contributed by atoms with Gasteiger partial charge < -0.3 is 15.6 Å². The van der Waals surface area contributed by atoms with Crippen LogP contribution in [0.15, 0.2) is 18.2 Å². The van der Waals surface area contributed by atoms with Gasteiger partial charge in [-0.3, -0.25) is 5.32 Å². The Morgan fingerprint density at radius 3 is 2.85 bits per heavy atom. The minimum atomic E-state index is -1.15. The van der Waals surface area contributed by atoms with Gasteiger partial charge in [0.1, 0.15) is 5.75 Å². The van der Waals surface area contributed by atoms with Crippen LogP contribution >= 0.6 is 0 Å². The van der Waals surface area contributed by atoms with Crippen LogP contribution in [0.25, 0.3) is 0 Å². The van der Waals surface area contributed by atoms with Gasteiger partial charge in [-0.05, 0) is 18.2 Å². The molecular formula is C8H10N2O3. The summed E-state index contributed by atoms with van der Waals surface area (Å²) in [6.07, 6.45) is -1.15. The number of nitrogen functional groups attached to an aromatic ring is 1. The molecule has 5 heteroatoms. The number of hydrogen-bond donors (Lipinski definition) is 3. The number of carboxylic acid groups (broad SMARTS) is 1. The Hall–Kier alpha value is -1.91. The maximum absolute atomic E-state index is 10.3. The van der Waals surface area contributed by atoms with Gasteiger partial charge in [-0.2, -0.15) is 0 Å². The number of rotatable bonds is 2. The van der Waals surface area contributed by atoms with E-state index in [1.54, 1.807) is 12.1 Å². The molecule has 0 aromatic heterocycles. The van der Waals surface area contributed by atoms with Crippen LogP contribution < -0.4 is 15.8 Å². The van der Waals surface area contributed by atoms with Gasteiger partial charge in [0.05, 0.1) is 12.8 Å². The lowest BCUT2D eigenvalue weighted by Crippen LogP contribution is -2.08. The van der Waals surface area contributed by atoms with E-state index in [0.29, 0.717) is 17.1 Å². The van der Waals surface area contributed by atoms with Gasteiger partial charge >= 0.3 is 6.09 Å². The van der Waals surface area contributed by atoms with Crippen LogP contribution in [0.3, 0.4) is 0 Å². The molecule has 1 rings (SSSR count). The molecule has 13 heavy (non-hydrogen) atoms. The van der Waals surface area contributed by atoms with Crippen molar-refractivity contribution < 1.29 is 14.6 Å². The number of nitrogens with two attached hydrogens (primary N) is 1. The minimum absolute atomic E-state index is 0.343. The molecule has 0 radical (unpaired) electrons. The molecule has 5 nitrogen and oxygen atoms in total. The maximum atomic E-state index is 10.3. The zero-order valence-electron chi connectivity index (χ0n) is 7.07. The van der Waals surface area contributed by atoms with Gasteiger partial charge in [0, 0.05) is 5.69 Å². The third kappa shape index (κ3) is 2.26. The van der Waals surface area contributed by atoms with Crippen molar-refractivity contribution in [2.24, 2.45) is 0 Å². The first-order valence-electron chi connectivity index (χ1n) is 3.57. The number of amides is 1. The van der Waals surface area contributed by atoms with E-state index in [1.807, 2.05) is 0 Å². The van der Waals surface area contributed by atoms with Gasteiger partial charge in [-0.1, -0.05) is 0 Å². The smallest absolute Gasteiger partial charge is 0.409 e. The van der Waals surface area contributed by atoms with Crippen molar-refractivity contribution in [2.75, 3.05) is 18.2 Å². The van der Waals surface area contributed by atoms with Crippen molar-refractivity contribution in [3.8, 4) is 5.75 Å². The number of methoxy groups -OCH3 is 1. The number of anilines is 2. The van der Waals surface area contributed by atoms with Crippen LogP contribution in [-0.4, -0.2) is 18.3 Å². The molecule has 0 spiro atoms. The fourth-order valence-corrected chi connectivity index (χ4v) is 0.938. The fraction of sp³-hybridized carbons (Fsp3) is 0.125. The van der Waals surface area contributed by atoms with Crippen LogP contribution in [0.5, 0.6) is 5.75 Å². The predicted octanol–water partition coefficient (Wildman–Crippen LogP) is 1.37. The van der Waals surface area contributed by atoms with Crippen molar-refractivity contribution in [1.82, 2.24) is 0 Å². The first-order valence-corrected chi connectivity index (χ1v) is 3.57. The summed E-state index contributed by atoms with van der Waals surface area (Å²) in [6, 6.07) is 4.72. The molecule has 0 aliphatic carbocycles. The highest BCUT2D eigenvalue weighted by molar-refractivity contribution is 5.86. The van der Waals surface area contributed by atoms with Crippen LogP contribution in [0.1, 0.15) is 0 Å². The SMILES string of the molecule is COc1ccc(N)cc1NC(=O)O. The number of hydrogen-bond acceptors (Lipinski definition) is 3. The Bertz CT molecular complexity index is 325. The summed E-state index contributed by atoms with van der Waals surface area (Å²) < 4.78 is 4.92. The summed E-state index contributed by atoms with van der Waals surface area (Å²) in [4.78, 5) is 10.3. The van der Waals surface area contributed by atoms with Crippen LogP contribution in [-0.2, 0) is 0 Å². The Balaban J connectivity index is 3.01. The van der Waals surface area contributed by atoms with Crippen LogP contribution in [0.2, 0.25) is 0 Å². The molecule has 1 aromatic carbocycles. The van der Waals surface area contributed by atoms with E-state index >= 15 is 0 Å². The average Bonchev–Trinajstić information content (AvgIpc) is 2.03. The summed E-state index contributed by atoms with van der Waals surface area (Å²) in [5, 5.41) is 10.6. The van der Waals surface area contributed by atoms with Gasteiger partial charge in [-0.25, -0.2) is 4.79 Å². The molecule has 0 unspecified atom stereocenters. The summed E-state index contributed by atoms with van der Waals surface area (Å²) >= 11 is 0. The highest BCUT2D eigenvalue weighted by Gasteiger charge is 2.05. The number of carbonyl (C=O) groups is 1. The quantitative estimate of drug-likeness (QED) is 0.603. The topological polar surface area (TPSA) is 84.6 Å². The Morgan fingerprint density at radius 2 is 2.31 bits per heavy atom. The summed E-state index contributed by atoms with van der Waals surface area (Å²) in [6.45, 7) is 0. The highest BCUT2D eigenvalue weighted by Crippen LogP contribution is 2.26. The van der Waals surface area contributed by atoms with E-state index in [0.717, 1.165) is 0 Å². The zero-order chi connectivity index (χ0) is 9.84. The van der Waals surface area contributed by atoms with Crippen molar-refractivity contribution in [3.05, 3.63) is 18.2 Å². The van der Waals surface area contributed by atoms with Gasteiger partial charge in [0.25, 0.3) is 0 Å². The second-order valence-electron chi connectivity index (χ2n) is 2.39. The second-order valence-corrected chi connectivity index (χ2v) is 2.39. The van der Waals surface area contributed by atoms with E-state index in [4.69, 9.17) is 15.6 Å². The molecule has 1 aromatic rings. The van der Waals surface area contributed by atoms with Crippen molar-refractivity contribution in [1.29, 1.82) is 0 Å². The standard InChI is InChI=1S/C8H10N2O3/c1-13-7-3-2-5(9)4-6(7)10-8(11)12/h2-4,10H,9H2,1H3,(H,11,12). The third-order valence-electron chi connectivity index (χ3n) is 1.47. The van der Waals surface area contributed by atoms with E-state index in [-0.39, 0.29) is 0 Å². The van der Waals surface area contributed by atoms with Gasteiger partial charge in [-0.15, -0.1) is 0 Å². The van der Waals surface area contributed by atoms with E-state index < -0.39 is 6.09 Å². The molecule has 0 bridgehead atoms. The molecule has 0 aliphatic rings. The lowest BCUT2D eigenvalue weighted by atomic mass is 10.2. The molecule has 4 N–H and O–H groups in total. The lowest BCUT2D eigenvalue weighted by molar-refractivity contribution is 0.209. The normalized spacial score (nSPS) is 9.31. The Kier molecular flexibility index (Phi) is 2.59. The molecule has 0 fully saturated rings. The first kappa shape index (κ1) is 9.18. The molecule has 0 saturated heterocycles. The molecule has 0 saturated carbocycles. The van der Waals surface area contributed by atoms with Gasteiger partial charge in [0.15, 0.2) is 0 Å². The van der Waals surface area contributed by atoms with Crippen LogP contribution in [0.4, 0.5) is 16.2 Å². The molecule has 1 amide bonds. The minimum Gasteiger partial charge on any atom is -0.495 e. The third-order valence-corrected chi connectivity index (χ3v) is 1.47. The Labute approximate surface area is 75.1 Å². The molecule has 0 aliphatic heterocycles. The van der Waals surface area contributed by atoms with Crippen molar-refractivity contribution >= 4 is 17.5 Å². The van der Waals surface area contributed by atoms with Gasteiger partial charge in [0.2, 0.25) is 0 Å². The Morgan fingerprint density at radius 1 is 1.62 bits per heavy atom. The molecule has 0 atom stereocenters. The number of nitrogens with one attached hydrogen (secondary N) is 1. The molecule has 70 valence electrons. The summed E-state index contributed by atoms with van der Waals surface area (Å²) in [5.41, 5.74) is 6.29. The van der Waals surface area contributed by atoms with Crippen molar-refractivity contribution in [2.45, 2.75) is 0 Å². The monoisotopic (exact) mass is 182 g/mol. The molecule has 0 heterocycles. The zero-order valence-corrected chi connectivity index (χ0v) is 7.07. The second kappa shape index (κ2) is 3.66. The maximum Gasteiger partial charge on any atom is 0.409 e. The number of benzene rings is 1. The fourth-order valence-electron chi connectivity index (χ4n) is 0.938. The largest absolute Gasteiger partial charge is 0.495 e. The highest BCUT2D eigenvalue weighted by atomic mass is 16.5. The van der Waals surface area contributed by atoms with E-state index in [1.165, 1.54) is 13.2 Å². The van der Waals surface area contributed by atoms with E-state index in [9.17, 15) is 4.79 Å². The first-order chi connectivity index (χ1) is 6.13. The average molecular weight is 182 g/mol.